The summed E-state index contributed by atoms with van der Waals surface area (Å²) in [6.45, 7) is 4.04. The van der Waals surface area contributed by atoms with Crippen LogP contribution in [0.25, 0.3) is 0 Å². The van der Waals surface area contributed by atoms with Gasteiger partial charge in [0.1, 0.15) is 0 Å². The maximum atomic E-state index is 10.9. The molecule has 0 radical (unpaired) electrons. The molecule has 0 aliphatic carbocycles. The minimum atomic E-state index is -0.107. The van der Waals surface area contributed by atoms with E-state index in [2.05, 4.69) is 11.6 Å². The molecule has 4 heteroatoms. The van der Waals surface area contributed by atoms with E-state index >= 15 is 0 Å². The summed E-state index contributed by atoms with van der Waals surface area (Å²) in [5.41, 5.74) is 0. The summed E-state index contributed by atoms with van der Waals surface area (Å²) in [7, 11) is 0. The molecule has 0 amide bonds. The number of unbranched alkanes of at least 4 members (excludes halogenated alkanes) is 1. The van der Waals surface area contributed by atoms with E-state index in [1.54, 1.807) is 0 Å². The molecule has 1 N–H and O–H groups in total. The van der Waals surface area contributed by atoms with Crippen LogP contribution < -0.4 is 5.32 Å². The lowest BCUT2D eigenvalue weighted by molar-refractivity contribution is -0.142. The molecule has 0 aromatic heterocycles. The van der Waals surface area contributed by atoms with Crippen molar-refractivity contribution in [2.24, 2.45) is 0 Å². The number of rotatable bonds is 9. The van der Waals surface area contributed by atoms with Crippen LogP contribution in [0.1, 0.15) is 26.2 Å². The fraction of sp³-hybridized carbons (Fsp3) is 0.900. The van der Waals surface area contributed by atoms with Gasteiger partial charge in [-0.1, -0.05) is 0 Å². The predicted molar refractivity (Wildman–Crippen MR) is 61.7 cm³/mol. The van der Waals surface area contributed by atoms with Gasteiger partial charge in [-0.05, 0) is 38.3 Å². The zero-order valence-electron chi connectivity index (χ0n) is 9.17. The van der Waals surface area contributed by atoms with E-state index in [9.17, 15) is 4.79 Å². The van der Waals surface area contributed by atoms with Gasteiger partial charge < -0.3 is 10.1 Å². The van der Waals surface area contributed by atoms with Crippen molar-refractivity contribution in [3.05, 3.63) is 0 Å². The molecule has 0 atom stereocenters. The van der Waals surface area contributed by atoms with E-state index in [4.69, 9.17) is 4.74 Å². The molecule has 0 aliphatic heterocycles. The number of hydrogen-bond donors (Lipinski definition) is 1. The Morgan fingerprint density at radius 2 is 2.14 bits per heavy atom. The molecule has 0 bridgehead atoms. The lowest BCUT2D eigenvalue weighted by Gasteiger charge is -2.04. The van der Waals surface area contributed by atoms with E-state index in [0.717, 1.165) is 13.1 Å². The standard InChI is InChI=1S/C10H21NO2S/c1-3-13-10(12)6-8-11-7-4-5-9-14-2/h11H,3-9H2,1-2H3. The highest BCUT2D eigenvalue weighted by atomic mass is 32.2. The molecule has 0 unspecified atom stereocenters. The minimum absolute atomic E-state index is 0.107. The summed E-state index contributed by atoms with van der Waals surface area (Å²) in [4.78, 5) is 10.9. The molecule has 0 aliphatic rings. The summed E-state index contributed by atoms with van der Waals surface area (Å²) in [6.07, 6.45) is 5.03. The Labute approximate surface area is 91.0 Å². The molecule has 0 saturated carbocycles. The van der Waals surface area contributed by atoms with E-state index in [0.29, 0.717) is 13.0 Å². The lowest BCUT2D eigenvalue weighted by atomic mass is 10.3. The van der Waals surface area contributed by atoms with Crippen molar-refractivity contribution in [2.75, 3.05) is 31.7 Å². The largest absolute Gasteiger partial charge is 0.466 e. The molecule has 0 aromatic rings. The predicted octanol–water partition coefficient (Wildman–Crippen LogP) is 1.67. The maximum Gasteiger partial charge on any atom is 0.307 e. The molecule has 3 nitrogen and oxygen atoms in total. The molecule has 0 fully saturated rings. The second-order valence-electron chi connectivity index (χ2n) is 3.00. The molecular formula is C10H21NO2S. The molecule has 0 saturated heterocycles. The van der Waals surface area contributed by atoms with E-state index in [1.165, 1.54) is 18.6 Å². The summed E-state index contributed by atoms with van der Waals surface area (Å²) in [5, 5.41) is 3.22. The smallest absolute Gasteiger partial charge is 0.307 e. The lowest BCUT2D eigenvalue weighted by Crippen LogP contribution is -2.20. The fourth-order valence-corrected chi connectivity index (χ4v) is 1.54. The highest BCUT2D eigenvalue weighted by Crippen LogP contribution is 1.97. The summed E-state index contributed by atoms with van der Waals surface area (Å²) >= 11 is 1.88. The third-order valence-corrected chi connectivity index (χ3v) is 2.46. The number of thioether (sulfide) groups is 1. The zero-order chi connectivity index (χ0) is 10.6. The Kier molecular flexibility index (Phi) is 10.7. The van der Waals surface area contributed by atoms with Gasteiger partial charge in [-0.25, -0.2) is 0 Å². The monoisotopic (exact) mass is 219 g/mol. The number of carbonyl (C=O) groups is 1. The van der Waals surface area contributed by atoms with Gasteiger partial charge >= 0.3 is 5.97 Å². The Morgan fingerprint density at radius 3 is 2.79 bits per heavy atom. The summed E-state index contributed by atoms with van der Waals surface area (Å²) in [5.74, 6) is 1.11. The number of esters is 1. The van der Waals surface area contributed by atoms with Crippen LogP contribution in [-0.4, -0.2) is 37.7 Å². The third-order valence-electron chi connectivity index (χ3n) is 1.76. The average Bonchev–Trinajstić information content (AvgIpc) is 2.17. The summed E-state index contributed by atoms with van der Waals surface area (Å²) in [6, 6.07) is 0. The van der Waals surface area contributed by atoms with Crippen LogP contribution in [0.3, 0.4) is 0 Å². The van der Waals surface area contributed by atoms with Crippen LogP contribution >= 0.6 is 11.8 Å². The van der Waals surface area contributed by atoms with Gasteiger partial charge in [0, 0.05) is 6.54 Å². The average molecular weight is 219 g/mol. The van der Waals surface area contributed by atoms with Gasteiger partial charge in [-0.15, -0.1) is 0 Å². The first-order valence-electron chi connectivity index (χ1n) is 5.16. The van der Waals surface area contributed by atoms with Crippen LogP contribution in [0.4, 0.5) is 0 Å². The molecular weight excluding hydrogens is 198 g/mol. The second-order valence-corrected chi connectivity index (χ2v) is 3.99. The first kappa shape index (κ1) is 13.8. The summed E-state index contributed by atoms with van der Waals surface area (Å²) < 4.78 is 4.80. The van der Waals surface area contributed by atoms with Crippen molar-refractivity contribution in [2.45, 2.75) is 26.2 Å². The Bertz CT molecular complexity index is 142. The van der Waals surface area contributed by atoms with Crippen LogP contribution in [0, 0.1) is 0 Å². The van der Waals surface area contributed by atoms with Gasteiger partial charge in [0.05, 0.1) is 13.0 Å². The second kappa shape index (κ2) is 10.9. The SMILES string of the molecule is CCOC(=O)CCNCCCCSC. The van der Waals surface area contributed by atoms with Gasteiger partial charge in [-0.2, -0.15) is 11.8 Å². The topological polar surface area (TPSA) is 38.3 Å². The zero-order valence-corrected chi connectivity index (χ0v) is 9.99. The molecule has 14 heavy (non-hydrogen) atoms. The van der Waals surface area contributed by atoms with Crippen molar-refractivity contribution in [1.29, 1.82) is 0 Å². The van der Waals surface area contributed by atoms with Crippen molar-refractivity contribution in [1.82, 2.24) is 5.32 Å². The molecule has 0 rings (SSSR count). The van der Waals surface area contributed by atoms with Gasteiger partial charge in [0.15, 0.2) is 0 Å². The molecule has 0 spiro atoms. The van der Waals surface area contributed by atoms with Gasteiger partial charge in [-0.3, -0.25) is 4.79 Å². The van der Waals surface area contributed by atoms with Crippen LogP contribution in [-0.2, 0) is 9.53 Å². The van der Waals surface area contributed by atoms with E-state index in [-0.39, 0.29) is 5.97 Å². The highest BCUT2D eigenvalue weighted by molar-refractivity contribution is 7.98. The quantitative estimate of drug-likeness (QED) is 0.473. The first-order valence-corrected chi connectivity index (χ1v) is 6.56. The van der Waals surface area contributed by atoms with Crippen molar-refractivity contribution in [3.63, 3.8) is 0 Å². The first-order chi connectivity index (χ1) is 6.81. The van der Waals surface area contributed by atoms with Crippen LogP contribution in [0.5, 0.6) is 0 Å². The fourth-order valence-electron chi connectivity index (χ4n) is 1.05. The van der Waals surface area contributed by atoms with Gasteiger partial charge in [0.25, 0.3) is 0 Å². The normalized spacial score (nSPS) is 10.1. The van der Waals surface area contributed by atoms with Crippen LogP contribution in [0.15, 0.2) is 0 Å². The van der Waals surface area contributed by atoms with E-state index in [1.807, 2.05) is 18.7 Å². The number of nitrogens with one attached hydrogen (secondary N) is 1. The third kappa shape index (κ3) is 9.86. The van der Waals surface area contributed by atoms with E-state index < -0.39 is 0 Å². The Morgan fingerprint density at radius 1 is 1.36 bits per heavy atom. The van der Waals surface area contributed by atoms with Crippen molar-refractivity contribution >= 4 is 17.7 Å². The highest BCUT2D eigenvalue weighted by Gasteiger charge is 1.99. The number of carbonyl (C=O) groups excluding carboxylic acids is 1. The van der Waals surface area contributed by atoms with Crippen molar-refractivity contribution in [3.8, 4) is 0 Å². The van der Waals surface area contributed by atoms with Crippen LogP contribution in [0.2, 0.25) is 0 Å². The minimum Gasteiger partial charge on any atom is -0.466 e. The number of hydrogen-bond acceptors (Lipinski definition) is 4. The maximum absolute atomic E-state index is 10.9. The Hall–Kier alpha value is -0.220. The molecule has 84 valence electrons. The molecule has 0 aromatic carbocycles. The van der Waals surface area contributed by atoms with Gasteiger partial charge in [0.2, 0.25) is 0 Å². The Balaban J connectivity index is 3.01. The molecule has 0 heterocycles. The van der Waals surface area contributed by atoms with Crippen molar-refractivity contribution < 1.29 is 9.53 Å². The number of ether oxygens (including phenoxy) is 1.